The van der Waals surface area contributed by atoms with Crippen LogP contribution in [0.5, 0.6) is 11.6 Å². The Labute approximate surface area is 195 Å². The SMILES string of the molecule is Cc1ccc(Oc2nc(N3CCCCC3)nc3c2CN(S(=O)(=O)c2ccccc2)CC3)cc1. The van der Waals surface area contributed by atoms with Crippen molar-refractivity contribution in [2.75, 3.05) is 24.5 Å². The largest absolute Gasteiger partial charge is 0.439 e. The van der Waals surface area contributed by atoms with Crippen LogP contribution in [0.1, 0.15) is 36.1 Å². The lowest BCUT2D eigenvalue weighted by molar-refractivity contribution is 0.369. The molecule has 0 aliphatic carbocycles. The minimum absolute atomic E-state index is 0.189. The third-order valence-electron chi connectivity index (χ3n) is 6.23. The van der Waals surface area contributed by atoms with E-state index in [-0.39, 0.29) is 6.54 Å². The van der Waals surface area contributed by atoms with Crippen molar-refractivity contribution in [2.45, 2.75) is 44.0 Å². The summed E-state index contributed by atoms with van der Waals surface area (Å²) in [7, 11) is -3.62. The lowest BCUT2D eigenvalue weighted by Gasteiger charge is -2.31. The van der Waals surface area contributed by atoms with Crippen LogP contribution in [0.25, 0.3) is 0 Å². The Bertz CT molecular complexity index is 1220. The minimum Gasteiger partial charge on any atom is -0.439 e. The number of hydrogen-bond donors (Lipinski definition) is 0. The van der Waals surface area contributed by atoms with Gasteiger partial charge in [-0.1, -0.05) is 35.9 Å². The van der Waals surface area contributed by atoms with Crippen molar-refractivity contribution < 1.29 is 13.2 Å². The second-order valence-electron chi connectivity index (χ2n) is 8.62. The van der Waals surface area contributed by atoms with E-state index >= 15 is 0 Å². The molecule has 0 unspecified atom stereocenters. The Morgan fingerprint density at radius 3 is 2.33 bits per heavy atom. The van der Waals surface area contributed by atoms with Crippen molar-refractivity contribution in [2.24, 2.45) is 0 Å². The first kappa shape index (κ1) is 21.9. The van der Waals surface area contributed by atoms with Gasteiger partial charge in [0, 0.05) is 32.6 Å². The molecule has 2 aliphatic rings. The van der Waals surface area contributed by atoms with Crippen LogP contribution in [-0.2, 0) is 23.0 Å². The van der Waals surface area contributed by atoms with Crippen LogP contribution >= 0.6 is 0 Å². The van der Waals surface area contributed by atoms with Crippen molar-refractivity contribution >= 4 is 16.0 Å². The minimum atomic E-state index is -3.62. The molecular formula is C25H28N4O3S. The van der Waals surface area contributed by atoms with Crippen LogP contribution in [0.2, 0.25) is 0 Å². The summed E-state index contributed by atoms with van der Waals surface area (Å²) in [6.45, 7) is 4.45. The summed E-state index contributed by atoms with van der Waals surface area (Å²) in [6, 6.07) is 16.3. The van der Waals surface area contributed by atoms with E-state index < -0.39 is 10.0 Å². The molecular weight excluding hydrogens is 436 g/mol. The summed E-state index contributed by atoms with van der Waals surface area (Å²) in [4.78, 5) is 12.1. The molecule has 172 valence electrons. The van der Waals surface area contributed by atoms with E-state index in [4.69, 9.17) is 14.7 Å². The highest BCUT2D eigenvalue weighted by atomic mass is 32.2. The average molecular weight is 465 g/mol. The smallest absolute Gasteiger partial charge is 0.243 e. The van der Waals surface area contributed by atoms with Gasteiger partial charge in [0.25, 0.3) is 0 Å². The lowest BCUT2D eigenvalue weighted by Crippen LogP contribution is -2.37. The molecule has 0 atom stereocenters. The van der Waals surface area contributed by atoms with E-state index in [1.54, 1.807) is 24.3 Å². The van der Waals surface area contributed by atoms with Crippen LogP contribution in [0.4, 0.5) is 5.95 Å². The first-order valence-electron chi connectivity index (χ1n) is 11.5. The summed E-state index contributed by atoms with van der Waals surface area (Å²) in [6.07, 6.45) is 3.99. The summed E-state index contributed by atoms with van der Waals surface area (Å²) in [5.74, 6) is 1.79. The van der Waals surface area contributed by atoms with Gasteiger partial charge in [-0.2, -0.15) is 9.29 Å². The van der Waals surface area contributed by atoms with E-state index in [9.17, 15) is 8.42 Å². The zero-order chi connectivity index (χ0) is 22.8. The van der Waals surface area contributed by atoms with Crippen LogP contribution < -0.4 is 9.64 Å². The number of anilines is 1. The standard InChI is InChI=1S/C25H28N4O3S/c1-19-10-12-20(13-11-19)32-24-22-18-29(33(30,31)21-8-4-2-5-9-21)17-14-23(22)26-25(27-24)28-15-6-3-7-16-28/h2,4-5,8-13H,3,6-7,14-18H2,1H3. The van der Waals surface area contributed by atoms with Gasteiger partial charge in [-0.25, -0.2) is 13.4 Å². The predicted molar refractivity (Wildman–Crippen MR) is 127 cm³/mol. The molecule has 0 spiro atoms. The Kier molecular flexibility index (Phi) is 6.03. The highest BCUT2D eigenvalue weighted by molar-refractivity contribution is 7.89. The van der Waals surface area contributed by atoms with Crippen LogP contribution in [-0.4, -0.2) is 42.3 Å². The molecule has 2 aromatic carbocycles. The quantitative estimate of drug-likeness (QED) is 0.560. The van der Waals surface area contributed by atoms with E-state index in [1.807, 2.05) is 37.3 Å². The van der Waals surface area contributed by atoms with Gasteiger partial charge in [-0.15, -0.1) is 0 Å². The molecule has 5 rings (SSSR count). The second-order valence-corrected chi connectivity index (χ2v) is 10.6. The Morgan fingerprint density at radius 2 is 1.61 bits per heavy atom. The number of benzene rings is 2. The molecule has 1 aromatic heterocycles. The molecule has 3 heterocycles. The maximum absolute atomic E-state index is 13.3. The number of hydrogen-bond acceptors (Lipinski definition) is 6. The Hall–Kier alpha value is -2.97. The normalized spacial score (nSPS) is 16.9. The van der Waals surface area contributed by atoms with Crippen LogP contribution in [0.15, 0.2) is 59.5 Å². The molecule has 0 saturated carbocycles. The van der Waals surface area contributed by atoms with Gasteiger partial charge in [0.15, 0.2) is 0 Å². The van der Waals surface area contributed by atoms with Gasteiger partial charge in [-0.3, -0.25) is 0 Å². The molecule has 0 radical (unpaired) electrons. The molecule has 0 bridgehead atoms. The van der Waals surface area contributed by atoms with Crippen molar-refractivity contribution in [1.82, 2.24) is 14.3 Å². The second kappa shape index (κ2) is 9.11. The van der Waals surface area contributed by atoms with Crippen molar-refractivity contribution in [1.29, 1.82) is 0 Å². The molecule has 7 nitrogen and oxygen atoms in total. The Morgan fingerprint density at radius 1 is 0.879 bits per heavy atom. The highest BCUT2D eigenvalue weighted by Gasteiger charge is 2.32. The first-order chi connectivity index (χ1) is 16.0. The van der Waals surface area contributed by atoms with Gasteiger partial charge in [0.05, 0.1) is 16.2 Å². The Balaban J connectivity index is 1.52. The summed E-state index contributed by atoms with van der Waals surface area (Å²) >= 11 is 0. The van der Waals surface area contributed by atoms with E-state index in [1.165, 1.54) is 10.7 Å². The van der Waals surface area contributed by atoms with Crippen molar-refractivity contribution in [3.63, 3.8) is 0 Å². The van der Waals surface area contributed by atoms with Crippen molar-refractivity contribution in [3.05, 3.63) is 71.4 Å². The van der Waals surface area contributed by atoms with Crippen LogP contribution in [0, 0.1) is 6.92 Å². The molecule has 2 aliphatic heterocycles. The molecule has 0 N–H and O–H groups in total. The number of piperidine rings is 1. The molecule has 1 fully saturated rings. The average Bonchev–Trinajstić information content (AvgIpc) is 2.86. The third kappa shape index (κ3) is 4.58. The van der Waals surface area contributed by atoms with E-state index in [0.717, 1.165) is 42.8 Å². The number of aromatic nitrogens is 2. The van der Waals surface area contributed by atoms with Gasteiger partial charge >= 0.3 is 0 Å². The summed E-state index contributed by atoms with van der Waals surface area (Å²) < 4.78 is 34.2. The summed E-state index contributed by atoms with van der Waals surface area (Å²) in [5.41, 5.74) is 2.75. The molecule has 3 aromatic rings. The van der Waals surface area contributed by atoms with Gasteiger partial charge in [0.2, 0.25) is 21.9 Å². The molecule has 0 amide bonds. The highest BCUT2D eigenvalue weighted by Crippen LogP contribution is 2.34. The van der Waals surface area contributed by atoms with Gasteiger partial charge < -0.3 is 9.64 Å². The first-order valence-corrected chi connectivity index (χ1v) is 12.9. The van der Waals surface area contributed by atoms with Crippen molar-refractivity contribution in [3.8, 4) is 11.6 Å². The van der Waals surface area contributed by atoms with Crippen LogP contribution in [0.3, 0.4) is 0 Å². The fourth-order valence-electron chi connectivity index (χ4n) is 4.33. The number of aryl methyl sites for hydroxylation is 1. The number of ether oxygens (including phenoxy) is 1. The number of nitrogens with zero attached hydrogens (tertiary/aromatic N) is 4. The predicted octanol–water partition coefficient (Wildman–Crippen LogP) is 4.31. The summed E-state index contributed by atoms with van der Waals surface area (Å²) in [5, 5.41) is 0. The molecule has 8 heteroatoms. The lowest BCUT2D eigenvalue weighted by atomic mass is 10.1. The number of fused-ring (bicyclic) bond motifs is 1. The van der Waals surface area contributed by atoms with E-state index in [2.05, 4.69) is 4.90 Å². The number of sulfonamides is 1. The maximum atomic E-state index is 13.3. The molecule has 33 heavy (non-hydrogen) atoms. The maximum Gasteiger partial charge on any atom is 0.243 e. The van der Waals surface area contributed by atoms with E-state index in [0.29, 0.717) is 35.4 Å². The zero-order valence-electron chi connectivity index (χ0n) is 18.8. The topological polar surface area (TPSA) is 75.6 Å². The fraction of sp³-hybridized carbons (Fsp3) is 0.360. The monoisotopic (exact) mass is 464 g/mol. The van der Waals surface area contributed by atoms with Gasteiger partial charge in [-0.05, 0) is 50.5 Å². The zero-order valence-corrected chi connectivity index (χ0v) is 19.6. The molecule has 1 saturated heterocycles. The number of rotatable bonds is 5. The third-order valence-corrected chi connectivity index (χ3v) is 8.09. The fourth-order valence-corrected chi connectivity index (χ4v) is 5.76. The van der Waals surface area contributed by atoms with Gasteiger partial charge in [0.1, 0.15) is 5.75 Å².